The van der Waals surface area contributed by atoms with E-state index in [4.69, 9.17) is 33.0 Å². The molecule has 4 nitrogen and oxygen atoms in total. The molecule has 1 rings (SSSR count). The highest BCUT2D eigenvalue weighted by atomic mass is 35.5. The number of rotatable bonds is 4. The molecule has 2 N–H and O–H groups in total. The number of hydrogen-bond donors (Lipinski definition) is 2. The summed E-state index contributed by atoms with van der Waals surface area (Å²) in [5.41, 5.74) is 0.244. The Morgan fingerprint density at radius 2 is 2.19 bits per heavy atom. The number of benzene rings is 1. The molecule has 0 aliphatic carbocycles. The third-order valence-electron chi connectivity index (χ3n) is 1.85. The van der Waals surface area contributed by atoms with Gasteiger partial charge < -0.3 is 15.2 Å². The van der Waals surface area contributed by atoms with E-state index in [9.17, 15) is 4.79 Å². The van der Waals surface area contributed by atoms with Crippen molar-refractivity contribution in [1.29, 1.82) is 0 Å². The molecule has 0 aliphatic rings. The van der Waals surface area contributed by atoms with Crippen LogP contribution in [0.5, 0.6) is 5.75 Å². The summed E-state index contributed by atoms with van der Waals surface area (Å²) in [6.07, 6.45) is 0. The van der Waals surface area contributed by atoms with Crippen molar-refractivity contribution in [2.75, 3.05) is 20.3 Å². The van der Waals surface area contributed by atoms with Gasteiger partial charge in [0.1, 0.15) is 5.75 Å². The number of halogens is 2. The molecule has 1 aromatic carbocycles. The van der Waals surface area contributed by atoms with E-state index >= 15 is 0 Å². The number of carbonyl (C=O) groups excluding carboxylic acids is 1. The van der Waals surface area contributed by atoms with Crippen molar-refractivity contribution in [3.8, 4) is 5.75 Å². The van der Waals surface area contributed by atoms with Gasteiger partial charge in [0, 0.05) is 11.6 Å². The smallest absolute Gasteiger partial charge is 0.255 e. The molecule has 0 radical (unpaired) electrons. The molecule has 1 aromatic rings. The highest BCUT2D eigenvalue weighted by molar-refractivity contribution is 6.36. The molecule has 0 saturated carbocycles. The molecular formula is C10H11Cl2NO3. The van der Waals surface area contributed by atoms with Gasteiger partial charge in [0.15, 0.2) is 0 Å². The lowest BCUT2D eigenvalue weighted by Gasteiger charge is -2.10. The first kappa shape index (κ1) is 13.1. The first-order valence-corrected chi connectivity index (χ1v) is 5.27. The normalized spacial score (nSPS) is 10.0. The third-order valence-corrected chi connectivity index (χ3v) is 2.35. The van der Waals surface area contributed by atoms with Gasteiger partial charge in [-0.2, -0.15) is 0 Å². The summed E-state index contributed by atoms with van der Waals surface area (Å²) in [7, 11) is 1.41. The van der Waals surface area contributed by atoms with Crippen LogP contribution in [0.15, 0.2) is 12.1 Å². The van der Waals surface area contributed by atoms with Crippen molar-refractivity contribution in [2.24, 2.45) is 0 Å². The predicted octanol–water partition coefficient (Wildman–Crippen LogP) is 1.72. The molecule has 1 amide bonds. The summed E-state index contributed by atoms with van der Waals surface area (Å²) >= 11 is 11.7. The molecule has 0 aliphatic heterocycles. The largest absolute Gasteiger partial charge is 0.494 e. The zero-order valence-corrected chi connectivity index (χ0v) is 10.1. The maximum Gasteiger partial charge on any atom is 0.255 e. The van der Waals surface area contributed by atoms with E-state index in [0.29, 0.717) is 5.02 Å². The van der Waals surface area contributed by atoms with E-state index in [1.165, 1.54) is 19.2 Å². The van der Waals surface area contributed by atoms with Gasteiger partial charge in [-0.1, -0.05) is 23.2 Å². The first-order valence-electron chi connectivity index (χ1n) is 4.52. The van der Waals surface area contributed by atoms with Gasteiger partial charge in [-0.15, -0.1) is 0 Å². The van der Waals surface area contributed by atoms with Crippen LogP contribution >= 0.6 is 23.2 Å². The quantitative estimate of drug-likeness (QED) is 0.870. The number of amides is 1. The van der Waals surface area contributed by atoms with Crippen molar-refractivity contribution < 1.29 is 14.6 Å². The van der Waals surface area contributed by atoms with Gasteiger partial charge in [-0.3, -0.25) is 4.79 Å². The van der Waals surface area contributed by atoms with Crippen LogP contribution in [-0.4, -0.2) is 31.3 Å². The van der Waals surface area contributed by atoms with Gasteiger partial charge in [0.05, 0.1) is 24.3 Å². The minimum absolute atomic E-state index is 0.137. The lowest BCUT2D eigenvalue weighted by Crippen LogP contribution is -2.26. The Bertz CT molecular complexity index is 396. The Kier molecular flexibility index (Phi) is 4.86. The van der Waals surface area contributed by atoms with Gasteiger partial charge in [-0.25, -0.2) is 0 Å². The Labute approximate surface area is 103 Å². The van der Waals surface area contributed by atoms with Crippen LogP contribution in [0.3, 0.4) is 0 Å². The average Bonchev–Trinajstić information content (AvgIpc) is 2.24. The van der Waals surface area contributed by atoms with E-state index in [1.54, 1.807) is 0 Å². The van der Waals surface area contributed by atoms with Crippen LogP contribution in [0.1, 0.15) is 10.4 Å². The topological polar surface area (TPSA) is 58.6 Å². The summed E-state index contributed by atoms with van der Waals surface area (Å²) in [6.45, 7) is 0.0223. The second kappa shape index (κ2) is 5.94. The molecule has 0 spiro atoms. The Morgan fingerprint density at radius 1 is 1.50 bits per heavy atom. The monoisotopic (exact) mass is 263 g/mol. The molecule has 0 aromatic heterocycles. The van der Waals surface area contributed by atoms with Crippen molar-refractivity contribution >= 4 is 29.1 Å². The van der Waals surface area contributed by atoms with E-state index in [0.717, 1.165) is 0 Å². The van der Waals surface area contributed by atoms with Crippen LogP contribution in [0.25, 0.3) is 0 Å². The number of ether oxygens (including phenoxy) is 1. The van der Waals surface area contributed by atoms with E-state index in [1.807, 2.05) is 0 Å². The molecule has 0 unspecified atom stereocenters. The molecular weight excluding hydrogens is 253 g/mol. The van der Waals surface area contributed by atoms with E-state index in [2.05, 4.69) is 5.32 Å². The van der Waals surface area contributed by atoms with E-state index < -0.39 is 5.91 Å². The highest BCUT2D eigenvalue weighted by Crippen LogP contribution is 2.31. The Hall–Kier alpha value is -0.970. The second-order valence-electron chi connectivity index (χ2n) is 2.95. The third kappa shape index (κ3) is 3.01. The molecule has 88 valence electrons. The number of hydrogen-bond acceptors (Lipinski definition) is 3. The fraction of sp³-hybridized carbons (Fsp3) is 0.300. The number of aliphatic hydroxyl groups excluding tert-OH is 1. The predicted molar refractivity (Wildman–Crippen MR) is 62.4 cm³/mol. The van der Waals surface area contributed by atoms with Crippen LogP contribution < -0.4 is 10.1 Å². The zero-order valence-electron chi connectivity index (χ0n) is 8.59. The summed E-state index contributed by atoms with van der Waals surface area (Å²) in [4.78, 5) is 11.7. The zero-order chi connectivity index (χ0) is 12.1. The van der Waals surface area contributed by atoms with Crippen molar-refractivity contribution in [1.82, 2.24) is 5.32 Å². The number of carbonyl (C=O) groups is 1. The van der Waals surface area contributed by atoms with Crippen molar-refractivity contribution in [3.05, 3.63) is 27.7 Å². The number of nitrogens with one attached hydrogen (secondary N) is 1. The lowest BCUT2D eigenvalue weighted by molar-refractivity contribution is 0.0941. The highest BCUT2D eigenvalue weighted by Gasteiger charge is 2.16. The summed E-state index contributed by atoms with van der Waals surface area (Å²) < 4.78 is 5.02. The molecule has 0 heterocycles. The molecule has 0 fully saturated rings. The molecule has 16 heavy (non-hydrogen) atoms. The van der Waals surface area contributed by atoms with Gasteiger partial charge in [0.2, 0.25) is 0 Å². The maximum absolute atomic E-state index is 11.7. The van der Waals surface area contributed by atoms with Gasteiger partial charge >= 0.3 is 0 Å². The molecule has 0 atom stereocenters. The van der Waals surface area contributed by atoms with E-state index in [-0.39, 0.29) is 29.5 Å². The summed E-state index contributed by atoms with van der Waals surface area (Å²) in [5, 5.41) is 11.7. The summed E-state index contributed by atoms with van der Waals surface area (Å²) in [6, 6.07) is 2.95. The Balaban J connectivity index is 3.05. The minimum atomic E-state index is -0.393. The molecule has 0 bridgehead atoms. The SMILES string of the molecule is COc1c(Cl)cc(Cl)cc1C(=O)NCCO. The van der Waals surface area contributed by atoms with Crippen LogP contribution in [-0.2, 0) is 0 Å². The lowest BCUT2D eigenvalue weighted by atomic mass is 10.2. The minimum Gasteiger partial charge on any atom is -0.494 e. The first-order chi connectivity index (χ1) is 7.60. The van der Waals surface area contributed by atoms with Gasteiger partial charge in [0.25, 0.3) is 5.91 Å². The van der Waals surface area contributed by atoms with Gasteiger partial charge in [-0.05, 0) is 12.1 Å². The number of aliphatic hydroxyl groups is 1. The standard InChI is InChI=1S/C10H11Cl2NO3/c1-16-9-7(10(15)13-2-3-14)4-6(11)5-8(9)12/h4-5,14H,2-3H2,1H3,(H,13,15). The van der Waals surface area contributed by atoms with Crippen LogP contribution in [0.2, 0.25) is 10.0 Å². The van der Waals surface area contributed by atoms with Crippen molar-refractivity contribution in [2.45, 2.75) is 0 Å². The second-order valence-corrected chi connectivity index (χ2v) is 3.79. The molecule has 6 heteroatoms. The van der Waals surface area contributed by atoms with Crippen molar-refractivity contribution in [3.63, 3.8) is 0 Å². The van der Waals surface area contributed by atoms with Crippen LogP contribution in [0.4, 0.5) is 0 Å². The maximum atomic E-state index is 11.7. The Morgan fingerprint density at radius 3 is 2.75 bits per heavy atom. The average molecular weight is 264 g/mol. The summed E-state index contributed by atoms with van der Waals surface area (Å²) in [5.74, 6) is -0.128. The van der Waals surface area contributed by atoms with Crippen LogP contribution in [0, 0.1) is 0 Å². The fourth-order valence-electron chi connectivity index (χ4n) is 1.20. The fourth-order valence-corrected chi connectivity index (χ4v) is 1.77. The number of methoxy groups -OCH3 is 1. The molecule has 0 saturated heterocycles.